The fraction of sp³-hybridized carbons (Fsp3) is 0.182. The standard InChI is InChI=1S/C22H17FN2O4/c1-13(12-24-19(26)15-6-2-3-7-16(15)20(24)27)10-14(11-23)25-21(28)17-8-4-5-9-18(17)22(25)29/h2-10,14H,11-12H2,1H3. The van der Waals surface area contributed by atoms with E-state index in [1.807, 2.05) is 0 Å². The molecule has 29 heavy (non-hydrogen) atoms. The maximum Gasteiger partial charge on any atom is 0.262 e. The minimum atomic E-state index is -1.11. The number of amides is 4. The molecule has 1 atom stereocenters. The van der Waals surface area contributed by atoms with Gasteiger partial charge in [0.2, 0.25) is 0 Å². The van der Waals surface area contributed by atoms with Gasteiger partial charge in [-0.1, -0.05) is 35.9 Å². The van der Waals surface area contributed by atoms with E-state index in [0.29, 0.717) is 16.7 Å². The number of rotatable bonds is 5. The molecule has 146 valence electrons. The lowest BCUT2D eigenvalue weighted by atomic mass is 10.1. The van der Waals surface area contributed by atoms with Gasteiger partial charge in [0.15, 0.2) is 0 Å². The lowest BCUT2D eigenvalue weighted by molar-refractivity contribution is 0.0588. The molecule has 0 saturated carbocycles. The molecule has 0 radical (unpaired) electrons. The van der Waals surface area contributed by atoms with Crippen molar-refractivity contribution in [3.8, 4) is 0 Å². The van der Waals surface area contributed by atoms with Crippen LogP contribution in [0.2, 0.25) is 0 Å². The molecule has 2 aliphatic heterocycles. The van der Waals surface area contributed by atoms with Gasteiger partial charge >= 0.3 is 0 Å². The number of benzene rings is 2. The molecule has 2 heterocycles. The molecule has 4 amide bonds. The number of carbonyl (C=O) groups is 4. The Hall–Kier alpha value is -3.61. The highest BCUT2D eigenvalue weighted by molar-refractivity contribution is 6.22. The summed E-state index contributed by atoms with van der Waals surface area (Å²) in [7, 11) is 0. The predicted molar refractivity (Wildman–Crippen MR) is 102 cm³/mol. The fourth-order valence-corrected chi connectivity index (χ4v) is 3.71. The molecule has 0 saturated heterocycles. The number of nitrogens with zero attached hydrogens (tertiary/aromatic N) is 2. The van der Waals surface area contributed by atoms with Crippen LogP contribution in [0.1, 0.15) is 48.4 Å². The SMILES string of the molecule is CC(=CC(CF)N1C(=O)c2ccccc2C1=O)CN1C(=O)c2ccccc2C1=O. The minimum absolute atomic E-state index is 0.0496. The molecular formula is C22H17FN2O4. The number of carbonyl (C=O) groups excluding carboxylic acids is 4. The molecular weight excluding hydrogens is 375 g/mol. The topological polar surface area (TPSA) is 74.8 Å². The molecule has 6 nitrogen and oxygen atoms in total. The zero-order valence-electron chi connectivity index (χ0n) is 15.6. The third-order valence-electron chi connectivity index (χ3n) is 5.08. The van der Waals surface area contributed by atoms with E-state index in [-0.39, 0.29) is 17.7 Å². The van der Waals surface area contributed by atoms with Crippen LogP contribution in [-0.4, -0.2) is 52.7 Å². The van der Waals surface area contributed by atoms with E-state index in [2.05, 4.69) is 0 Å². The maximum atomic E-state index is 13.8. The molecule has 7 heteroatoms. The third kappa shape index (κ3) is 2.95. The predicted octanol–water partition coefficient (Wildman–Crippen LogP) is 2.86. The molecule has 2 aliphatic rings. The van der Waals surface area contributed by atoms with Crippen LogP contribution < -0.4 is 0 Å². The highest BCUT2D eigenvalue weighted by Crippen LogP contribution is 2.27. The van der Waals surface area contributed by atoms with Gasteiger partial charge < -0.3 is 0 Å². The van der Waals surface area contributed by atoms with Crippen molar-refractivity contribution in [3.05, 3.63) is 82.4 Å². The number of fused-ring (bicyclic) bond motifs is 2. The fourth-order valence-electron chi connectivity index (χ4n) is 3.71. The number of hydrogen-bond donors (Lipinski definition) is 0. The molecule has 0 fully saturated rings. The first-order valence-corrected chi connectivity index (χ1v) is 9.09. The third-order valence-corrected chi connectivity index (χ3v) is 5.08. The van der Waals surface area contributed by atoms with E-state index < -0.39 is 36.3 Å². The van der Waals surface area contributed by atoms with Gasteiger partial charge in [0.25, 0.3) is 23.6 Å². The van der Waals surface area contributed by atoms with Crippen LogP contribution in [0.25, 0.3) is 0 Å². The number of halogens is 1. The first-order chi connectivity index (χ1) is 13.9. The Kier molecular flexibility index (Phi) is 4.58. The molecule has 2 aromatic rings. The largest absolute Gasteiger partial charge is 0.270 e. The molecule has 4 rings (SSSR count). The summed E-state index contributed by atoms with van der Waals surface area (Å²) in [5, 5.41) is 0. The van der Waals surface area contributed by atoms with Crippen LogP contribution in [0.15, 0.2) is 60.2 Å². The Bertz CT molecular complexity index is 1020. The lowest BCUT2D eigenvalue weighted by Crippen LogP contribution is -2.40. The van der Waals surface area contributed by atoms with E-state index in [1.165, 1.54) is 18.2 Å². The van der Waals surface area contributed by atoms with E-state index in [4.69, 9.17) is 0 Å². The van der Waals surface area contributed by atoms with Crippen molar-refractivity contribution in [2.75, 3.05) is 13.2 Å². The molecule has 0 N–H and O–H groups in total. The van der Waals surface area contributed by atoms with E-state index >= 15 is 0 Å². The maximum absolute atomic E-state index is 13.8. The minimum Gasteiger partial charge on any atom is -0.270 e. The summed E-state index contributed by atoms with van der Waals surface area (Å²) in [5.74, 6) is -1.96. The van der Waals surface area contributed by atoms with Gasteiger partial charge in [-0.05, 0) is 31.2 Å². The van der Waals surface area contributed by atoms with Crippen LogP contribution in [-0.2, 0) is 0 Å². The van der Waals surface area contributed by atoms with Crippen molar-refractivity contribution in [1.82, 2.24) is 9.80 Å². The van der Waals surface area contributed by atoms with E-state index in [0.717, 1.165) is 9.80 Å². The Labute approximate surface area is 166 Å². The van der Waals surface area contributed by atoms with Crippen molar-refractivity contribution in [1.29, 1.82) is 0 Å². The van der Waals surface area contributed by atoms with Crippen molar-refractivity contribution in [2.24, 2.45) is 0 Å². The lowest BCUT2D eigenvalue weighted by Gasteiger charge is -2.22. The zero-order chi connectivity index (χ0) is 20.7. The quantitative estimate of drug-likeness (QED) is 0.579. The van der Waals surface area contributed by atoms with E-state index in [1.54, 1.807) is 43.3 Å². The second-order valence-corrected chi connectivity index (χ2v) is 7.00. The van der Waals surface area contributed by atoms with Crippen LogP contribution in [0, 0.1) is 0 Å². The van der Waals surface area contributed by atoms with Crippen LogP contribution >= 0.6 is 0 Å². The van der Waals surface area contributed by atoms with Gasteiger partial charge in [-0.25, -0.2) is 4.39 Å². The molecule has 0 aliphatic carbocycles. The van der Waals surface area contributed by atoms with E-state index in [9.17, 15) is 23.6 Å². The monoisotopic (exact) mass is 392 g/mol. The van der Waals surface area contributed by atoms with Crippen molar-refractivity contribution in [3.63, 3.8) is 0 Å². The smallest absolute Gasteiger partial charge is 0.262 e. The summed E-state index contributed by atoms with van der Waals surface area (Å²) < 4.78 is 13.8. The highest BCUT2D eigenvalue weighted by atomic mass is 19.1. The number of alkyl halides is 1. The Morgan fingerprint density at radius 1 is 0.828 bits per heavy atom. The molecule has 0 bridgehead atoms. The molecule has 0 aromatic heterocycles. The average molecular weight is 392 g/mol. The Balaban J connectivity index is 1.56. The first-order valence-electron chi connectivity index (χ1n) is 9.09. The summed E-state index contributed by atoms with van der Waals surface area (Å²) in [4.78, 5) is 52.1. The van der Waals surface area contributed by atoms with Crippen molar-refractivity contribution >= 4 is 23.6 Å². The van der Waals surface area contributed by atoms with Gasteiger partial charge in [0, 0.05) is 0 Å². The summed E-state index contributed by atoms with van der Waals surface area (Å²) in [5.41, 5.74) is 1.63. The number of hydrogen-bond acceptors (Lipinski definition) is 4. The normalized spacial score (nSPS) is 17.1. The second-order valence-electron chi connectivity index (χ2n) is 7.00. The number of imide groups is 2. The second kappa shape index (κ2) is 7.09. The summed E-state index contributed by atoms with van der Waals surface area (Å²) in [6, 6.07) is 11.7. The van der Waals surface area contributed by atoms with Crippen molar-refractivity contribution in [2.45, 2.75) is 13.0 Å². The van der Waals surface area contributed by atoms with Gasteiger partial charge in [0.05, 0.1) is 34.8 Å². The van der Waals surface area contributed by atoms with Crippen molar-refractivity contribution < 1.29 is 23.6 Å². The van der Waals surface area contributed by atoms with Gasteiger partial charge in [0.1, 0.15) is 6.67 Å². The van der Waals surface area contributed by atoms with Crippen LogP contribution in [0.4, 0.5) is 4.39 Å². The Morgan fingerprint density at radius 3 is 1.66 bits per heavy atom. The van der Waals surface area contributed by atoms with Gasteiger partial charge in [-0.3, -0.25) is 29.0 Å². The highest BCUT2D eigenvalue weighted by Gasteiger charge is 2.39. The van der Waals surface area contributed by atoms with Gasteiger partial charge in [-0.2, -0.15) is 0 Å². The Morgan fingerprint density at radius 2 is 1.24 bits per heavy atom. The summed E-state index contributed by atoms with van der Waals surface area (Å²) >= 11 is 0. The molecule has 1 unspecified atom stereocenters. The molecule has 0 spiro atoms. The van der Waals surface area contributed by atoms with Crippen LogP contribution in [0.5, 0.6) is 0 Å². The summed E-state index contributed by atoms with van der Waals surface area (Å²) in [6.07, 6.45) is 1.42. The zero-order valence-corrected chi connectivity index (χ0v) is 15.6. The first kappa shape index (κ1) is 18.7. The average Bonchev–Trinajstić information content (AvgIpc) is 3.13. The summed E-state index contributed by atoms with van der Waals surface area (Å²) in [6.45, 7) is 0.612. The van der Waals surface area contributed by atoms with Gasteiger partial charge in [-0.15, -0.1) is 0 Å². The molecule has 2 aromatic carbocycles. The van der Waals surface area contributed by atoms with Crippen LogP contribution in [0.3, 0.4) is 0 Å².